The number of benzene rings is 3. The minimum atomic E-state index is -4.43. The zero-order chi connectivity index (χ0) is 25.8. The molecule has 2 N–H and O–H groups in total. The van der Waals surface area contributed by atoms with Crippen LogP contribution in [-0.4, -0.2) is 31.0 Å². The van der Waals surface area contributed by atoms with Crippen molar-refractivity contribution in [3.8, 4) is 5.75 Å². The van der Waals surface area contributed by atoms with Gasteiger partial charge >= 0.3 is 6.18 Å². The third-order valence-corrected chi connectivity index (χ3v) is 6.83. The van der Waals surface area contributed by atoms with Gasteiger partial charge in [-0.25, -0.2) is 0 Å². The monoisotopic (exact) mass is 498 g/mol. The van der Waals surface area contributed by atoms with Gasteiger partial charge in [-0.1, -0.05) is 48.5 Å². The number of ether oxygens (including phenoxy) is 1. The number of hydrogen-bond donors (Lipinski definition) is 2. The highest BCUT2D eigenvalue weighted by Gasteiger charge is 2.38. The Labute approximate surface area is 208 Å². The van der Waals surface area contributed by atoms with Crippen molar-refractivity contribution in [2.24, 2.45) is 0 Å². The van der Waals surface area contributed by atoms with Crippen LogP contribution in [-0.2, 0) is 28.6 Å². The van der Waals surface area contributed by atoms with E-state index >= 15 is 0 Å². The van der Waals surface area contributed by atoms with E-state index in [0.717, 1.165) is 28.2 Å². The number of halogens is 3. The number of alkyl halides is 3. The number of methoxy groups -OCH3 is 1. The molecule has 190 valence electrons. The van der Waals surface area contributed by atoms with Gasteiger partial charge in [0.15, 0.2) is 0 Å². The Bertz CT molecular complexity index is 1260. The smallest absolute Gasteiger partial charge is 0.416 e. The molecule has 0 unspecified atom stereocenters. The van der Waals surface area contributed by atoms with E-state index in [9.17, 15) is 22.8 Å². The summed E-state index contributed by atoms with van der Waals surface area (Å²) in [6, 6.07) is 17.2. The van der Waals surface area contributed by atoms with Crippen LogP contribution in [0.15, 0.2) is 60.7 Å². The zero-order valence-corrected chi connectivity index (χ0v) is 20.1. The summed E-state index contributed by atoms with van der Waals surface area (Å²) in [4.78, 5) is 24.8. The van der Waals surface area contributed by atoms with E-state index in [2.05, 4.69) is 10.6 Å². The molecule has 0 bridgehead atoms. The van der Waals surface area contributed by atoms with E-state index in [4.69, 9.17) is 4.74 Å². The molecule has 0 aliphatic carbocycles. The summed E-state index contributed by atoms with van der Waals surface area (Å²) in [5.41, 5.74) is -0.0400. The largest absolute Gasteiger partial charge is 0.496 e. The molecule has 1 aliphatic heterocycles. The van der Waals surface area contributed by atoms with E-state index in [0.29, 0.717) is 25.7 Å². The predicted octanol–water partition coefficient (Wildman–Crippen LogP) is 5.20. The number of rotatable bonds is 9. The molecule has 1 atom stereocenters. The fourth-order valence-corrected chi connectivity index (χ4v) is 5.01. The summed E-state index contributed by atoms with van der Waals surface area (Å²) < 4.78 is 45.1. The average molecular weight is 499 g/mol. The van der Waals surface area contributed by atoms with Crippen molar-refractivity contribution in [2.45, 2.75) is 50.2 Å². The van der Waals surface area contributed by atoms with Crippen LogP contribution in [0.3, 0.4) is 0 Å². The van der Waals surface area contributed by atoms with Gasteiger partial charge in [0.25, 0.3) is 0 Å². The summed E-state index contributed by atoms with van der Waals surface area (Å²) in [6.07, 6.45) is -2.18. The molecule has 1 heterocycles. The molecule has 0 radical (unpaired) electrons. The number of amides is 2. The van der Waals surface area contributed by atoms with Crippen LogP contribution in [0.2, 0.25) is 0 Å². The van der Waals surface area contributed by atoms with Crippen LogP contribution in [0.25, 0.3) is 10.8 Å². The van der Waals surface area contributed by atoms with Gasteiger partial charge in [0.1, 0.15) is 5.75 Å². The Balaban J connectivity index is 1.41. The summed E-state index contributed by atoms with van der Waals surface area (Å²) in [7, 11) is 1.63. The molecule has 8 heteroatoms. The summed E-state index contributed by atoms with van der Waals surface area (Å²) in [5.74, 6) is 0.474. The van der Waals surface area contributed by atoms with E-state index in [-0.39, 0.29) is 36.8 Å². The van der Waals surface area contributed by atoms with Crippen LogP contribution in [0, 0.1) is 0 Å². The molecule has 3 aromatic carbocycles. The van der Waals surface area contributed by atoms with Gasteiger partial charge in [0.05, 0.1) is 12.7 Å². The fraction of sp³-hybridized carbons (Fsp3) is 0.357. The van der Waals surface area contributed by atoms with Gasteiger partial charge in [-0.15, -0.1) is 0 Å². The maximum absolute atomic E-state index is 13.2. The number of carbonyl (C=O) groups excluding carboxylic acids is 2. The molecule has 3 aromatic rings. The summed E-state index contributed by atoms with van der Waals surface area (Å²) >= 11 is 0. The first-order valence-corrected chi connectivity index (χ1v) is 12.0. The van der Waals surface area contributed by atoms with Gasteiger partial charge < -0.3 is 15.4 Å². The lowest BCUT2D eigenvalue weighted by molar-refractivity contribution is -0.138. The normalized spacial score (nSPS) is 17.7. The van der Waals surface area contributed by atoms with Crippen molar-refractivity contribution in [1.29, 1.82) is 0 Å². The number of carbonyl (C=O) groups is 2. The lowest BCUT2D eigenvalue weighted by Crippen LogP contribution is -2.44. The van der Waals surface area contributed by atoms with Gasteiger partial charge in [0.2, 0.25) is 11.8 Å². The first kappa shape index (κ1) is 25.5. The molecule has 0 spiro atoms. The minimum absolute atomic E-state index is 0.0445. The van der Waals surface area contributed by atoms with Gasteiger partial charge in [-0.05, 0) is 54.3 Å². The van der Waals surface area contributed by atoms with Crippen molar-refractivity contribution in [3.05, 3.63) is 77.4 Å². The van der Waals surface area contributed by atoms with Crippen LogP contribution in [0.5, 0.6) is 5.75 Å². The maximum atomic E-state index is 13.2. The van der Waals surface area contributed by atoms with Gasteiger partial charge in [-0.3, -0.25) is 9.59 Å². The second kappa shape index (κ2) is 10.6. The molecule has 2 amide bonds. The third-order valence-electron chi connectivity index (χ3n) is 6.83. The predicted molar refractivity (Wildman–Crippen MR) is 132 cm³/mol. The highest BCUT2D eigenvalue weighted by Crippen LogP contribution is 2.35. The number of fused-ring (bicyclic) bond motifs is 1. The molecular formula is C28H29F3N2O3. The topological polar surface area (TPSA) is 67.4 Å². The second-order valence-corrected chi connectivity index (χ2v) is 9.23. The fourth-order valence-electron chi connectivity index (χ4n) is 5.01. The maximum Gasteiger partial charge on any atom is 0.416 e. The van der Waals surface area contributed by atoms with Crippen molar-refractivity contribution in [1.82, 2.24) is 10.6 Å². The van der Waals surface area contributed by atoms with Crippen LogP contribution < -0.4 is 15.4 Å². The summed E-state index contributed by atoms with van der Waals surface area (Å²) in [5, 5.41) is 7.84. The van der Waals surface area contributed by atoms with Crippen molar-refractivity contribution < 1.29 is 27.5 Å². The molecule has 5 nitrogen and oxygen atoms in total. The minimum Gasteiger partial charge on any atom is -0.496 e. The Morgan fingerprint density at radius 2 is 1.75 bits per heavy atom. The Hall–Kier alpha value is -3.55. The van der Waals surface area contributed by atoms with E-state index < -0.39 is 17.3 Å². The van der Waals surface area contributed by atoms with E-state index in [1.54, 1.807) is 13.2 Å². The highest BCUT2D eigenvalue weighted by molar-refractivity contribution is 5.91. The lowest BCUT2D eigenvalue weighted by Gasteiger charge is -2.30. The second-order valence-electron chi connectivity index (χ2n) is 9.23. The van der Waals surface area contributed by atoms with Crippen molar-refractivity contribution in [3.63, 3.8) is 0 Å². The Kier molecular flexibility index (Phi) is 7.52. The molecule has 1 fully saturated rings. The standard InChI is InChI=1S/C28H29F3N2O3/c1-36-24-11-10-20(21-7-3-4-8-22(21)24)18-27(16-13-26(35)33-27)15-12-25(34)32-17-14-19-6-2-5-9-23(19)28(29,30)31/h2-11H,12-18H2,1H3,(H,32,34)(H,33,35)/t27-/m1/s1. The van der Waals surface area contributed by atoms with Crippen LogP contribution >= 0.6 is 0 Å². The van der Waals surface area contributed by atoms with Gasteiger partial charge in [-0.2, -0.15) is 13.2 Å². The zero-order valence-electron chi connectivity index (χ0n) is 20.1. The van der Waals surface area contributed by atoms with E-state index in [1.807, 2.05) is 36.4 Å². The molecule has 4 rings (SSSR count). The SMILES string of the molecule is COc1ccc(C[C@@]2(CCC(=O)NCCc3ccccc3C(F)(F)F)CCC(=O)N2)c2ccccc12. The molecule has 36 heavy (non-hydrogen) atoms. The lowest BCUT2D eigenvalue weighted by atomic mass is 9.83. The first-order chi connectivity index (χ1) is 17.2. The van der Waals surface area contributed by atoms with Crippen LogP contribution in [0.1, 0.15) is 42.4 Å². The molecule has 1 aliphatic rings. The quantitative estimate of drug-likeness (QED) is 0.426. The van der Waals surface area contributed by atoms with Crippen molar-refractivity contribution in [2.75, 3.05) is 13.7 Å². The van der Waals surface area contributed by atoms with Crippen molar-refractivity contribution >= 4 is 22.6 Å². The Morgan fingerprint density at radius 1 is 1.03 bits per heavy atom. The first-order valence-electron chi connectivity index (χ1n) is 12.0. The van der Waals surface area contributed by atoms with Gasteiger partial charge in [0, 0.05) is 30.3 Å². The van der Waals surface area contributed by atoms with Crippen LogP contribution in [0.4, 0.5) is 13.2 Å². The molecular weight excluding hydrogens is 469 g/mol. The average Bonchev–Trinajstić information content (AvgIpc) is 3.23. The Morgan fingerprint density at radius 3 is 2.44 bits per heavy atom. The molecule has 1 saturated heterocycles. The van der Waals surface area contributed by atoms with E-state index in [1.165, 1.54) is 12.1 Å². The number of nitrogens with one attached hydrogen (secondary N) is 2. The highest BCUT2D eigenvalue weighted by atomic mass is 19.4. The number of hydrogen-bond acceptors (Lipinski definition) is 3. The third kappa shape index (κ3) is 5.80. The summed E-state index contributed by atoms with van der Waals surface area (Å²) in [6.45, 7) is 0.106. The molecule has 0 saturated carbocycles. The molecule has 0 aromatic heterocycles.